The van der Waals surface area contributed by atoms with Crippen LogP contribution in [0.2, 0.25) is 0 Å². The van der Waals surface area contributed by atoms with E-state index in [1.165, 1.54) is 5.56 Å². The van der Waals surface area contributed by atoms with Gasteiger partial charge in [-0.15, -0.1) is 0 Å². The summed E-state index contributed by atoms with van der Waals surface area (Å²) in [5.74, 6) is 0. The van der Waals surface area contributed by atoms with Crippen LogP contribution in [0.4, 0.5) is 0 Å². The molecule has 2 unspecified atom stereocenters. The van der Waals surface area contributed by atoms with Crippen LogP contribution in [0.25, 0.3) is 0 Å². The molecule has 2 aliphatic heterocycles. The molecular formula is C19H27N5O. The largest absolute Gasteiger partial charge is 0.371 e. The van der Waals surface area contributed by atoms with Gasteiger partial charge in [0.05, 0.1) is 24.6 Å². The van der Waals surface area contributed by atoms with E-state index < -0.39 is 0 Å². The zero-order valence-electron chi connectivity index (χ0n) is 15.1. The van der Waals surface area contributed by atoms with E-state index >= 15 is 0 Å². The maximum Gasteiger partial charge on any atom is 0.0892 e. The molecule has 6 nitrogen and oxygen atoms in total. The minimum Gasteiger partial charge on any atom is -0.371 e. The van der Waals surface area contributed by atoms with E-state index in [0.29, 0.717) is 18.8 Å². The van der Waals surface area contributed by atoms with Crippen LogP contribution >= 0.6 is 0 Å². The van der Waals surface area contributed by atoms with Gasteiger partial charge < -0.3 is 4.74 Å². The molecule has 134 valence electrons. The van der Waals surface area contributed by atoms with E-state index in [9.17, 15) is 0 Å². The summed E-state index contributed by atoms with van der Waals surface area (Å²) in [5.41, 5.74) is 3.38. The first kappa shape index (κ1) is 16.7. The van der Waals surface area contributed by atoms with Gasteiger partial charge in [0.1, 0.15) is 0 Å². The van der Waals surface area contributed by atoms with Gasteiger partial charge in [0, 0.05) is 63.3 Å². The Bertz CT molecular complexity index is 715. The summed E-state index contributed by atoms with van der Waals surface area (Å²) in [6, 6.07) is 6.73. The molecule has 2 saturated heterocycles. The Morgan fingerprint density at radius 3 is 2.96 bits per heavy atom. The maximum absolute atomic E-state index is 6.16. The van der Waals surface area contributed by atoms with Crippen molar-refractivity contribution >= 4 is 0 Å². The lowest BCUT2D eigenvalue weighted by Gasteiger charge is -2.37. The molecular weight excluding hydrogens is 314 g/mol. The summed E-state index contributed by atoms with van der Waals surface area (Å²) in [4.78, 5) is 9.67. The van der Waals surface area contributed by atoms with E-state index in [2.05, 4.69) is 32.1 Å². The van der Waals surface area contributed by atoms with Gasteiger partial charge in [-0.25, -0.2) is 0 Å². The van der Waals surface area contributed by atoms with Crippen LogP contribution in [0.3, 0.4) is 0 Å². The van der Waals surface area contributed by atoms with Crippen LogP contribution in [0, 0.1) is 6.92 Å². The molecule has 4 heterocycles. The highest BCUT2D eigenvalue weighted by Crippen LogP contribution is 2.25. The van der Waals surface area contributed by atoms with E-state index in [0.717, 1.165) is 50.5 Å². The Labute approximate surface area is 149 Å². The zero-order valence-corrected chi connectivity index (χ0v) is 15.1. The number of fused-ring (bicyclic) bond motifs is 1. The van der Waals surface area contributed by atoms with E-state index in [1.807, 2.05) is 37.0 Å². The van der Waals surface area contributed by atoms with Gasteiger partial charge >= 0.3 is 0 Å². The Hall–Kier alpha value is -1.76. The predicted molar refractivity (Wildman–Crippen MR) is 96.0 cm³/mol. The van der Waals surface area contributed by atoms with Crippen molar-refractivity contribution in [3.05, 3.63) is 47.5 Å². The molecule has 4 rings (SSSR count). The Kier molecular flexibility index (Phi) is 4.83. The molecule has 2 aliphatic rings. The molecule has 0 radical (unpaired) electrons. The Balaban J connectivity index is 1.28. The lowest BCUT2D eigenvalue weighted by atomic mass is 10.1. The molecule has 0 spiro atoms. The Morgan fingerprint density at radius 1 is 1.24 bits per heavy atom. The molecule has 2 atom stereocenters. The van der Waals surface area contributed by atoms with E-state index in [-0.39, 0.29) is 0 Å². The maximum atomic E-state index is 6.16. The summed E-state index contributed by atoms with van der Waals surface area (Å²) >= 11 is 0. The molecule has 0 bridgehead atoms. The first-order chi connectivity index (χ1) is 12.2. The molecule has 0 amide bonds. The summed E-state index contributed by atoms with van der Waals surface area (Å²) in [6.45, 7) is 8.07. The van der Waals surface area contributed by atoms with Crippen molar-refractivity contribution in [2.75, 3.05) is 26.2 Å². The van der Waals surface area contributed by atoms with Gasteiger partial charge in [-0.1, -0.05) is 6.07 Å². The average Bonchev–Trinajstić information content (AvgIpc) is 3.18. The van der Waals surface area contributed by atoms with Crippen molar-refractivity contribution in [1.82, 2.24) is 24.6 Å². The second kappa shape index (κ2) is 7.23. The normalized spacial score (nSPS) is 24.6. The van der Waals surface area contributed by atoms with Crippen LogP contribution in [-0.2, 0) is 24.9 Å². The molecule has 0 aromatic carbocycles. The zero-order chi connectivity index (χ0) is 17.2. The lowest BCUT2D eigenvalue weighted by molar-refractivity contribution is 0.0439. The molecule has 0 aliphatic carbocycles. The molecule has 2 fully saturated rings. The number of ether oxygens (including phenoxy) is 1. The molecule has 6 heteroatoms. The average molecular weight is 341 g/mol. The molecule has 0 N–H and O–H groups in total. The smallest absolute Gasteiger partial charge is 0.0892 e. The fourth-order valence-electron chi connectivity index (χ4n) is 4.02. The minimum absolute atomic E-state index is 0.325. The monoisotopic (exact) mass is 341 g/mol. The van der Waals surface area contributed by atoms with Crippen LogP contribution < -0.4 is 0 Å². The summed E-state index contributed by atoms with van der Waals surface area (Å²) in [6.07, 6.45) is 5.53. The van der Waals surface area contributed by atoms with Gasteiger partial charge in [0.15, 0.2) is 0 Å². The highest BCUT2D eigenvalue weighted by Gasteiger charge is 2.36. The quantitative estimate of drug-likeness (QED) is 0.827. The van der Waals surface area contributed by atoms with Crippen molar-refractivity contribution in [3.63, 3.8) is 0 Å². The van der Waals surface area contributed by atoms with Crippen LogP contribution in [0.15, 0.2) is 30.6 Å². The minimum atomic E-state index is 0.325. The third kappa shape index (κ3) is 4.08. The van der Waals surface area contributed by atoms with Crippen molar-refractivity contribution in [2.24, 2.45) is 7.05 Å². The van der Waals surface area contributed by atoms with Crippen molar-refractivity contribution in [1.29, 1.82) is 0 Å². The van der Waals surface area contributed by atoms with E-state index in [4.69, 9.17) is 4.74 Å². The van der Waals surface area contributed by atoms with Crippen molar-refractivity contribution in [2.45, 2.75) is 38.6 Å². The summed E-state index contributed by atoms with van der Waals surface area (Å²) in [7, 11) is 1.98. The highest BCUT2D eigenvalue weighted by atomic mass is 16.5. The number of rotatable bonds is 5. The third-order valence-electron chi connectivity index (χ3n) is 5.24. The van der Waals surface area contributed by atoms with Crippen molar-refractivity contribution < 1.29 is 4.74 Å². The van der Waals surface area contributed by atoms with Crippen LogP contribution in [-0.4, -0.2) is 62.9 Å². The number of piperazine rings is 1. The second-order valence-electron chi connectivity index (χ2n) is 7.35. The molecule has 2 aromatic heterocycles. The summed E-state index contributed by atoms with van der Waals surface area (Å²) < 4.78 is 8.04. The Morgan fingerprint density at radius 2 is 2.16 bits per heavy atom. The molecule has 0 saturated carbocycles. The molecule has 2 aromatic rings. The third-order valence-corrected chi connectivity index (χ3v) is 5.24. The molecule has 25 heavy (non-hydrogen) atoms. The number of nitrogens with zero attached hydrogens (tertiary/aromatic N) is 5. The number of aryl methyl sites for hydroxylation is 2. The van der Waals surface area contributed by atoms with Gasteiger partial charge in [-0.2, -0.15) is 5.10 Å². The van der Waals surface area contributed by atoms with Gasteiger partial charge in [-0.05, 0) is 25.5 Å². The first-order valence-electron chi connectivity index (χ1n) is 9.14. The van der Waals surface area contributed by atoms with Crippen molar-refractivity contribution in [3.8, 4) is 0 Å². The SMILES string of the molecule is Cc1cccc(COC2CC3CN(Cc4cnn(C)c4)CCN3C2)n1. The number of hydrogen-bond donors (Lipinski definition) is 0. The van der Waals surface area contributed by atoms with E-state index in [1.54, 1.807) is 0 Å². The topological polar surface area (TPSA) is 46.4 Å². The highest BCUT2D eigenvalue weighted by molar-refractivity contribution is 5.09. The van der Waals surface area contributed by atoms with Gasteiger partial charge in [0.2, 0.25) is 0 Å². The lowest BCUT2D eigenvalue weighted by Crippen LogP contribution is -2.49. The summed E-state index contributed by atoms with van der Waals surface area (Å²) in [5, 5.41) is 4.27. The van der Waals surface area contributed by atoms with Crippen LogP contribution in [0.5, 0.6) is 0 Å². The fraction of sp³-hybridized carbons (Fsp3) is 0.579. The second-order valence-corrected chi connectivity index (χ2v) is 7.35. The standard InChI is InChI=1S/C19H27N5O/c1-15-4-3-5-17(21-15)14-25-19-8-18-12-23(6-7-24(18)13-19)11-16-9-20-22(2)10-16/h3-5,9-10,18-19H,6-8,11-14H2,1-2H3. The first-order valence-corrected chi connectivity index (χ1v) is 9.14. The number of aromatic nitrogens is 3. The number of pyridine rings is 1. The fourth-order valence-corrected chi connectivity index (χ4v) is 4.02. The predicted octanol–water partition coefficient (Wildman–Crippen LogP) is 1.60. The van der Waals surface area contributed by atoms with Gasteiger partial charge in [-0.3, -0.25) is 19.5 Å². The van der Waals surface area contributed by atoms with Gasteiger partial charge in [0.25, 0.3) is 0 Å². The number of hydrogen-bond acceptors (Lipinski definition) is 5. The van der Waals surface area contributed by atoms with Crippen LogP contribution in [0.1, 0.15) is 23.4 Å².